The minimum atomic E-state index is -1.34. The highest BCUT2D eigenvalue weighted by Crippen LogP contribution is 2.30. The molecule has 2 heterocycles. The van der Waals surface area contributed by atoms with Crippen LogP contribution in [-0.4, -0.2) is 60.9 Å². The summed E-state index contributed by atoms with van der Waals surface area (Å²) in [6, 6.07) is 7.35. The Balaban J connectivity index is 1.28. The quantitative estimate of drug-likeness (QED) is 0.210. The van der Waals surface area contributed by atoms with Gasteiger partial charge in [-0.3, -0.25) is 19.2 Å². The van der Waals surface area contributed by atoms with Crippen molar-refractivity contribution in [2.75, 3.05) is 13.2 Å². The zero-order chi connectivity index (χ0) is 25.3. The van der Waals surface area contributed by atoms with Crippen molar-refractivity contribution in [3.8, 4) is 0 Å². The molecular formula is C24H22O11. The normalized spacial score (nSPS) is 18.9. The van der Waals surface area contributed by atoms with E-state index >= 15 is 0 Å². The standard InChI is InChI=1S/C24H22O11/c1-12(33-23(29)30-10-13-11-31-24(2,3)35-13)32-19(26)9-17(25)18-8-16-20(27)14-6-4-5-7-15(14)21(28)22(16)34-18/h4-8,12-13H,9-11H2,1-3H3. The Morgan fingerprint density at radius 2 is 1.74 bits per heavy atom. The molecule has 1 aliphatic carbocycles. The van der Waals surface area contributed by atoms with Crippen molar-refractivity contribution >= 4 is 29.5 Å². The monoisotopic (exact) mass is 486 g/mol. The highest BCUT2D eigenvalue weighted by atomic mass is 16.8. The van der Waals surface area contributed by atoms with Gasteiger partial charge in [-0.05, 0) is 19.9 Å². The van der Waals surface area contributed by atoms with E-state index in [0.717, 1.165) is 6.07 Å². The molecule has 11 nitrogen and oxygen atoms in total. The van der Waals surface area contributed by atoms with E-state index in [9.17, 15) is 24.0 Å². The van der Waals surface area contributed by atoms with Crippen LogP contribution in [0.3, 0.4) is 0 Å². The third-order valence-electron chi connectivity index (χ3n) is 5.19. The molecule has 184 valence electrons. The van der Waals surface area contributed by atoms with Gasteiger partial charge >= 0.3 is 12.1 Å². The first-order valence-electron chi connectivity index (χ1n) is 10.7. The van der Waals surface area contributed by atoms with Crippen molar-refractivity contribution in [1.82, 2.24) is 0 Å². The summed E-state index contributed by atoms with van der Waals surface area (Å²) in [5.41, 5.74) is 0.328. The van der Waals surface area contributed by atoms with Crippen molar-refractivity contribution in [3.05, 3.63) is 58.5 Å². The number of hydrogen-bond donors (Lipinski definition) is 0. The van der Waals surface area contributed by atoms with Gasteiger partial charge in [0, 0.05) is 18.1 Å². The summed E-state index contributed by atoms with van der Waals surface area (Å²) in [6.07, 6.45) is -3.67. The molecule has 35 heavy (non-hydrogen) atoms. The Bertz CT molecular complexity index is 1150. The fourth-order valence-corrected chi connectivity index (χ4v) is 3.66. The van der Waals surface area contributed by atoms with Gasteiger partial charge in [-0.2, -0.15) is 0 Å². The molecule has 0 bridgehead atoms. The van der Waals surface area contributed by atoms with E-state index < -0.39 is 54.1 Å². The molecule has 1 aliphatic heterocycles. The van der Waals surface area contributed by atoms with Crippen LogP contribution in [0.1, 0.15) is 69.8 Å². The van der Waals surface area contributed by atoms with Crippen molar-refractivity contribution in [2.45, 2.75) is 45.4 Å². The predicted octanol–water partition coefficient (Wildman–Crippen LogP) is 2.82. The smallest absolute Gasteiger partial charge is 0.449 e. The molecular weight excluding hydrogens is 464 g/mol. The topological polar surface area (TPSA) is 145 Å². The fraction of sp³-hybridized carbons (Fsp3) is 0.375. The number of hydrogen-bond acceptors (Lipinski definition) is 11. The largest absolute Gasteiger partial charge is 0.511 e. The molecule has 0 radical (unpaired) electrons. The summed E-state index contributed by atoms with van der Waals surface area (Å²) in [6.45, 7) is 4.84. The van der Waals surface area contributed by atoms with Gasteiger partial charge in [0.1, 0.15) is 19.1 Å². The molecule has 11 heteroatoms. The lowest BCUT2D eigenvalue weighted by Crippen LogP contribution is -2.27. The van der Waals surface area contributed by atoms with Crippen LogP contribution < -0.4 is 0 Å². The second-order valence-electron chi connectivity index (χ2n) is 8.34. The van der Waals surface area contributed by atoms with E-state index in [-0.39, 0.29) is 41.4 Å². The minimum absolute atomic E-state index is 0.0510. The van der Waals surface area contributed by atoms with Crippen LogP contribution in [0.15, 0.2) is 34.7 Å². The lowest BCUT2D eigenvalue weighted by molar-refractivity contribution is -0.168. The van der Waals surface area contributed by atoms with Gasteiger partial charge in [0.25, 0.3) is 0 Å². The average molecular weight is 486 g/mol. The van der Waals surface area contributed by atoms with Crippen LogP contribution in [0.25, 0.3) is 0 Å². The van der Waals surface area contributed by atoms with Crippen LogP contribution in [0, 0.1) is 0 Å². The van der Waals surface area contributed by atoms with Crippen LogP contribution in [0.5, 0.6) is 0 Å². The Morgan fingerprint density at radius 3 is 2.40 bits per heavy atom. The summed E-state index contributed by atoms with van der Waals surface area (Å²) < 4.78 is 30.8. The maximum Gasteiger partial charge on any atom is 0.511 e. The zero-order valence-electron chi connectivity index (χ0n) is 19.2. The van der Waals surface area contributed by atoms with Gasteiger partial charge in [-0.1, -0.05) is 24.3 Å². The Kier molecular flexibility index (Phi) is 6.55. The van der Waals surface area contributed by atoms with Gasteiger partial charge in [-0.15, -0.1) is 0 Å². The molecule has 0 spiro atoms. The second-order valence-corrected chi connectivity index (χ2v) is 8.34. The van der Waals surface area contributed by atoms with E-state index in [1.54, 1.807) is 26.0 Å². The molecule has 1 fully saturated rings. The van der Waals surface area contributed by atoms with Gasteiger partial charge in [-0.25, -0.2) is 4.79 Å². The van der Waals surface area contributed by atoms with Gasteiger partial charge < -0.3 is 28.1 Å². The van der Waals surface area contributed by atoms with E-state index in [2.05, 4.69) is 0 Å². The third-order valence-corrected chi connectivity index (χ3v) is 5.19. The van der Waals surface area contributed by atoms with E-state index in [1.165, 1.54) is 19.1 Å². The molecule has 2 unspecified atom stereocenters. The summed E-state index contributed by atoms with van der Waals surface area (Å²) in [5, 5.41) is 0. The third kappa shape index (κ3) is 5.31. The number of rotatable bonds is 7. The highest BCUT2D eigenvalue weighted by Gasteiger charge is 2.35. The molecule has 1 aromatic heterocycles. The molecule has 2 aliphatic rings. The van der Waals surface area contributed by atoms with Crippen molar-refractivity contribution < 1.29 is 52.1 Å². The highest BCUT2D eigenvalue weighted by molar-refractivity contribution is 6.28. The van der Waals surface area contributed by atoms with Gasteiger partial charge in [0.2, 0.25) is 17.9 Å². The van der Waals surface area contributed by atoms with E-state index in [1.807, 2.05) is 0 Å². The SMILES string of the molecule is CC(OC(=O)CC(=O)c1cc2c(o1)C(=O)c1ccccc1C2=O)OC(=O)OCC1COC(C)(C)O1. The molecule has 0 saturated carbocycles. The number of Topliss-reactive ketones (excluding diaryl/α,β-unsaturated/α-hetero) is 1. The number of benzene rings is 1. The Hall–Kier alpha value is -3.83. The first-order chi connectivity index (χ1) is 16.5. The molecule has 2 aromatic rings. The summed E-state index contributed by atoms with van der Waals surface area (Å²) >= 11 is 0. The molecule has 0 N–H and O–H groups in total. The molecule has 1 aromatic carbocycles. The van der Waals surface area contributed by atoms with Crippen LogP contribution in [0.4, 0.5) is 4.79 Å². The van der Waals surface area contributed by atoms with Crippen LogP contribution in [-0.2, 0) is 28.5 Å². The second kappa shape index (κ2) is 9.43. The van der Waals surface area contributed by atoms with Gasteiger partial charge in [0.05, 0.1) is 12.2 Å². The number of fused-ring (bicyclic) bond motifs is 2. The maximum absolute atomic E-state index is 12.6. The minimum Gasteiger partial charge on any atom is -0.449 e. The van der Waals surface area contributed by atoms with E-state index in [0.29, 0.717) is 0 Å². The van der Waals surface area contributed by atoms with Crippen molar-refractivity contribution in [1.29, 1.82) is 0 Å². The number of esters is 1. The number of ether oxygens (including phenoxy) is 5. The lowest BCUT2D eigenvalue weighted by atomic mass is 9.88. The zero-order valence-corrected chi connectivity index (χ0v) is 19.2. The first-order valence-corrected chi connectivity index (χ1v) is 10.7. The first kappa shape index (κ1) is 24.3. The summed E-state index contributed by atoms with van der Waals surface area (Å²) in [5.74, 6) is -4.19. The van der Waals surface area contributed by atoms with E-state index in [4.69, 9.17) is 28.1 Å². The average Bonchev–Trinajstić information content (AvgIpc) is 3.39. The number of carbonyl (C=O) groups excluding carboxylic acids is 5. The molecule has 2 atom stereocenters. The Labute approximate surface area is 199 Å². The predicted molar refractivity (Wildman–Crippen MR) is 114 cm³/mol. The molecule has 4 rings (SSSR count). The van der Waals surface area contributed by atoms with Gasteiger partial charge in [0.15, 0.2) is 23.1 Å². The Morgan fingerprint density at radius 1 is 1.06 bits per heavy atom. The maximum atomic E-state index is 12.6. The summed E-state index contributed by atoms with van der Waals surface area (Å²) in [7, 11) is 0. The lowest BCUT2D eigenvalue weighted by Gasteiger charge is -2.17. The molecule has 1 saturated heterocycles. The number of ketones is 3. The van der Waals surface area contributed by atoms with Crippen LogP contribution in [0.2, 0.25) is 0 Å². The number of furan rings is 1. The van der Waals surface area contributed by atoms with Crippen molar-refractivity contribution in [3.63, 3.8) is 0 Å². The fourth-order valence-electron chi connectivity index (χ4n) is 3.66. The molecule has 0 amide bonds. The number of carbonyl (C=O) groups is 5. The summed E-state index contributed by atoms with van der Waals surface area (Å²) in [4.78, 5) is 61.6. The van der Waals surface area contributed by atoms with Crippen molar-refractivity contribution in [2.24, 2.45) is 0 Å². The van der Waals surface area contributed by atoms with Crippen LogP contribution >= 0.6 is 0 Å².